The highest BCUT2D eigenvalue weighted by atomic mass is 16.5. The van der Waals surface area contributed by atoms with E-state index in [1.165, 1.54) is 4.90 Å². The number of hydrogen-bond donors (Lipinski definition) is 1. The fourth-order valence-corrected chi connectivity index (χ4v) is 3.20. The van der Waals surface area contributed by atoms with E-state index in [0.29, 0.717) is 19.6 Å². The molecule has 1 N–H and O–H groups in total. The smallest absolute Gasteiger partial charge is 0.274 e. The number of methoxy groups -OCH3 is 2. The highest BCUT2D eigenvalue weighted by Crippen LogP contribution is 2.26. The van der Waals surface area contributed by atoms with Gasteiger partial charge >= 0.3 is 0 Å². The maximum absolute atomic E-state index is 13.0. The lowest BCUT2D eigenvalue weighted by molar-refractivity contribution is -0.121. The van der Waals surface area contributed by atoms with Gasteiger partial charge in [0.2, 0.25) is 5.91 Å². The number of para-hydroxylation sites is 1. The van der Waals surface area contributed by atoms with Crippen LogP contribution in [0.15, 0.2) is 60.7 Å². The predicted octanol–water partition coefficient (Wildman–Crippen LogP) is 2.77. The average Bonchev–Trinajstić information content (AvgIpc) is 3.27. The lowest BCUT2D eigenvalue weighted by Gasteiger charge is -2.15. The average molecular weight is 437 g/mol. The van der Waals surface area contributed by atoms with Crippen molar-refractivity contribution in [1.82, 2.24) is 20.0 Å². The molecule has 2 amide bonds. The summed E-state index contributed by atoms with van der Waals surface area (Å²) in [6.07, 6.45) is 0.715. The molecule has 0 aliphatic carbocycles. The van der Waals surface area contributed by atoms with Crippen molar-refractivity contribution in [2.45, 2.75) is 6.42 Å². The number of carbonyl (C=O) groups excluding carboxylic acids is 2. The molecule has 0 spiro atoms. The van der Waals surface area contributed by atoms with Crippen molar-refractivity contribution >= 4 is 11.8 Å². The Morgan fingerprint density at radius 1 is 1.06 bits per heavy atom. The first-order valence-corrected chi connectivity index (χ1v) is 10.3. The molecule has 1 aromatic heterocycles. The predicted molar refractivity (Wildman–Crippen MR) is 122 cm³/mol. The van der Waals surface area contributed by atoms with Gasteiger partial charge in [-0.1, -0.05) is 18.2 Å². The first-order valence-electron chi connectivity index (χ1n) is 10.3. The van der Waals surface area contributed by atoms with Gasteiger partial charge < -0.3 is 19.7 Å². The minimum Gasteiger partial charge on any atom is -0.497 e. The van der Waals surface area contributed by atoms with E-state index >= 15 is 0 Å². The molecule has 0 fully saturated rings. The fraction of sp³-hybridized carbons (Fsp3) is 0.292. The van der Waals surface area contributed by atoms with E-state index in [1.807, 2.05) is 54.6 Å². The van der Waals surface area contributed by atoms with Gasteiger partial charge in [0.15, 0.2) is 5.69 Å². The molecule has 8 nitrogen and oxygen atoms in total. The number of ether oxygens (including phenoxy) is 2. The summed E-state index contributed by atoms with van der Waals surface area (Å²) < 4.78 is 11.9. The Labute approximate surface area is 187 Å². The number of hydrogen-bond acceptors (Lipinski definition) is 5. The van der Waals surface area contributed by atoms with Gasteiger partial charge in [0, 0.05) is 32.9 Å². The van der Waals surface area contributed by atoms with Gasteiger partial charge in [-0.3, -0.25) is 9.59 Å². The molecular weight excluding hydrogens is 408 g/mol. The summed E-state index contributed by atoms with van der Waals surface area (Å²) in [6, 6.07) is 18.9. The van der Waals surface area contributed by atoms with Crippen LogP contribution in [0.4, 0.5) is 0 Å². The number of rotatable bonds is 10. The van der Waals surface area contributed by atoms with Crippen LogP contribution >= 0.6 is 0 Å². The van der Waals surface area contributed by atoms with Crippen LogP contribution in [0.3, 0.4) is 0 Å². The van der Waals surface area contributed by atoms with Crippen molar-refractivity contribution in [2.75, 3.05) is 41.0 Å². The molecule has 1 heterocycles. The second-order valence-corrected chi connectivity index (χ2v) is 7.25. The third kappa shape index (κ3) is 5.73. The number of nitrogens with one attached hydrogen (secondary N) is 1. The van der Waals surface area contributed by atoms with E-state index in [0.717, 1.165) is 22.7 Å². The van der Waals surface area contributed by atoms with Crippen molar-refractivity contribution in [3.8, 4) is 22.7 Å². The quantitative estimate of drug-likeness (QED) is 0.494. The standard InChI is InChI=1S/C24H28N4O4/c1-27(17-23(29)25-14-7-15-31-2)24(30)21-16-22(18-10-12-20(32-3)13-11-18)28(26-21)19-8-5-4-6-9-19/h4-6,8-13,16H,7,14-15,17H2,1-3H3,(H,25,29). The van der Waals surface area contributed by atoms with Crippen LogP contribution in [0.1, 0.15) is 16.9 Å². The van der Waals surface area contributed by atoms with Crippen LogP contribution in [-0.4, -0.2) is 67.5 Å². The second-order valence-electron chi connectivity index (χ2n) is 7.25. The minimum absolute atomic E-state index is 0.0537. The van der Waals surface area contributed by atoms with E-state index in [4.69, 9.17) is 9.47 Å². The molecule has 0 saturated carbocycles. The molecule has 168 valence electrons. The Morgan fingerprint density at radius 2 is 1.78 bits per heavy atom. The Kier molecular flexibility index (Phi) is 7.99. The van der Waals surface area contributed by atoms with Gasteiger partial charge in [0.05, 0.1) is 25.0 Å². The number of nitrogens with zero attached hydrogens (tertiary/aromatic N) is 3. The molecule has 0 saturated heterocycles. The largest absolute Gasteiger partial charge is 0.497 e. The summed E-state index contributed by atoms with van der Waals surface area (Å²) in [6.45, 7) is 1.01. The number of aromatic nitrogens is 2. The van der Waals surface area contributed by atoms with Crippen LogP contribution in [0.5, 0.6) is 5.75 Å². The van der Waals surface area contributed by atoms with E-state index in [2.05, 4.69) is 10.4 Å². The highest BCUT2D eigenvalue weighted by molar-refractivity contribution is 5.95. The van der Waals surface area contributed by atoms with Crippen LogP contribution in [0.2, 0.25) is 0 Å². The van der Waals surface area contributed by atoms with Crippen LogP contribution < -0.4 is 10.1 Å². The molecule has 0 unspecified atom stereocenters. The van der Waals surface area contributed by atoms with E-state index in [1.54, 1.807) is 32.0 Å². The van der Waals surface area contributed by atoms with E-state index < -0.39 is 0 Å². The molecular formula is C24H28N4O4. The van der Waals surface area contributed by atoms with Crippen LogP contribution in [-0.2, 0) is 9.53 Å². The molecule has 0 atom stereocenters. The molecule has 0 bridgehead atoms. The summed E-state index contributed by atoms with van der Waals surface area (Å²) >= 11 is 0. The first kappa shape index (κ1) is 23.0. The van der Waals surface area contributed by atoms with E-state index in [-0.39, 0.29) is 24.1 Å². The first-order chi connectivity index (χ1) is 15.5. The zero-order valence-corrected chi connectivity index (χ0v) is 18.6. The number of benzene rings is 2. The van der Waals surface area contributed by atoms with Crippen LogP contribution in [0.25, 0.3) is 16.9 Å². The number of carbonyl (C=O) groups is 2. The van der Waals surface area contributed by atoms with E-state index in [9.17, 15) is 9.59 Å². The summed E-state index contributed by atoms with van der Waals surface area (Å²) in [5.41, 5.74) is 2.74. The van der Waals surface area contributed by atoms with Crippen molar-refractivity contribution in [3.05, 3.63) is 66.4 Å². The maximum Gasteiger partial charge on any atom is 0.274 e. The van der Waals surface area contributed by atoms with Gasteiger partial charge in [-0.2, -0.15) is 5.10 Å². The fourth-order valence-electron chi connectivity index (χ4n) is 3.20. The second kappa shape index (κ2) is 11.1. The lowest BCUT2D eigenvalue weighted by atomic mass is 10.1. The van der Waals surface area contributed by atoms with Gasteiger partial charge in [-0.15, -0.1) is 0 Å². The van der Waals surface area contributed by atoms with Crippen molar-refractivity contribution < 1.29 is 19.1 Å². The summed E-state index contributed by atoms with van der Waals surface area (Å²) in [4.78, 5) is 26.5. The molecule has 0 aliphatic rings. The van der Waals surface area contributed by atoms with Gasteiger partial charge in [0.1, 0.15) is 5.75 Å². The third-order valence-electron chi connectivity index (χ3n) is 4.89. The molecule has 8 heteroatoms. The Balaban J connectivity index is 1.82. The maximum atomic E-state index is 13.0. The Bertz CT molecular complexity index is 1030. The summed E-state index contributed by atoms with van der Waals surface area (Å²) in [7, 11) is 4.82. The zero-order chi connectivity index (χ0) is 22.9. The van der Waals surface area contributed by atoms with Gasteiger partial charge in [0.25, 0.3) is 5.91 Å². The topological polar surface area (TPSA) is 85.7 Å². The Morgan fingerprint density at radius 3 is 2.44 bits per heavy atom. The molecule has 0 aliphatic heterocycles. The van der Waals surface area contributed by atoms with Crippen molar-refractivity contribution in [3.63, 3.8) is 0 Å². The van der Waals surface area contributed by atoms with Crippen LogP contribution in [0, 0.1) is 0 Å². The number of amides is 2. The molecule has 32 heavy (non-hydrogen) atoms. The normalized spacial score (nSPS) is 10.6. The summed E-state index contributed by atoms with van der Waals surface area (Å²) in [5, 5.41) is 7.34. The zero-order valence-electron chi connectivity index (χ0n) is 18.6. The highest BCUT2D eigenvalue weighted by Gasteiger charge is 2.21. The molecule has 2 aromatic carbocycles. The minimum atomic E-state index is -0.332. The molecule has 0 radical (unpaired) electrons. The van der Waals surface area contributed by atoms with Crippen molar-refractivity contribution in [2.24, 2.45) is 0 Å². The third-order valence-corrected chi connectivity index (χ3v) is 4.89. The van der Waals surface area contributed by atoms with Gasteiger partial charge in [-0.05, 0) is 48.9 Å². The van der Waals surface area contributed by atoms with Crippen molar-refractivity contribution in [1.29, 1.82) is 0 Å². The summed E-state index contributed by atoms with van der Waals surface area (Å²) in [5.74, 6) is 0.184. The SMILES string of the molecule is COCCCNC(=O)CN(C)C(=O)c1cc(-c2ccc(OC)cc2)n(-c2ccccc2)n1. The molecule has 3 rings (SSSR count). The van der Waals surface area contributed by atoms with Gasteiger partial charge in [-0.25, -0.2) is 4.68 Å². The molecule has 3 aromatic rings. The monoisotopic (exact) mass is 436 g/mol. The lowest BCUT2D eigenvalue weighted by Crippen LogP contribution is -2.39. The number of likely N-dealkylation sites (N-methyl/N-ethyl adjacent to an activating group) is 1. The Hall–Kier alpha value is -3.65.